The molecule has 48 heavy (non-hydrogen) atoms. The highest BCUT2D eigenvalue weighted by molar-refractivity contribution is 5.69. The van der Waals surface area contributed by atoms with Gasteiger partial charge in [0.1, 0.15) is 6.10 Å². The Labute approximate surface area is 299 Å². The number of esters is 2. The summed E-state index contributed by atoms with van der Waals surface area (Å²) >= 11 is 0. The fourth-order valence-corrected chi connectivity index (χ4v) is 6.50. The maximum Gasteiger partial charge on any atom is 0.306 e. The normalized spacial score (nSPS) is 11.5. The molecule has 6 heteroatoms. The van der Waals surface area contributed by atoms with Gasteiger partial charge in [0.15, 0.2) is 0 Å². The van der Waals surface area contributed by atoms with Crippen LogP contribution in [0.25, 0.3) is 0 Å². The maximum absolute atomic E-state index is 12.7. The van der Waals surface area contributed by atoms with Crippen molar-refractivity contribution in [2.75, 3.05) is 32.8 Å². The summed E-state index contributed by atoms with van der Waals surface area (Å²) in [4.78, 5) is 27.2. The molecule has 1 N–H and O–H groups in total. The Bertz CT molecular complexity index is 656. The van der Waals surface area contributed by atoms with E-state index in [2.05, 4.69) is 25.7 Å². The number of unbranched alkanes of at least 4 members (excludes halogenated alkanes) is 21. The number of ether oxygens (including phenoxy) is 2. The Morgan fingerprint density at radius 2 is 0.875 bits per heavy atom. The summed E-state index contributed by atoms with van der Waals surface area (Å²) in [5, 5.41) is 9.36. The Kier molecular flexibility index (Phi) is 37.7. The number of aliphatic hydroxyl groups excluding tert-OH is 1. The van der Waals surface area contributed by atoms with Crippen LogP contribution in [0.1, 0.15) is 220 Å². The van der Waals surface area contributed by atoms with Gasteiger partial charge in [-0.05, 0) is 77.3 Å². The zero-order valence-electron chi connectivity index (χ0n) is 32.6. The van der Waals surface area contributed by atoms with E-state index in [0.717, 1.165) is 96.7 Å². The quantitative estimate of drug-likeness (QED) is 0.0514. The van der Waals surface area contributed by atoms with E-state index in [1.54, 1.807) is 0 Å². The van der Waals surface area contributed by atoms with Crippen molar-refractivity contribution in [3.63, 3.8) is 0 Å². The second-order valence-corrected chi connectivity index (χ2v) is 14.5. The molecule has 286 valence electrons. The molecule has 0 radical (unpaired) electrons. The van der Waals surface area contributed by atoms with E-state index in [4.69, 9.17) is 9.47 Å². The van der Waals surface area contributed by atoms with Crippen molar-refractivity contribution >= 4 is 11.9 Å². The molecule has 0 saturated heterocycles. The minimum Gasteiger partial charge on any atom is -0.466 e. The molecule has 0 aliphatic heterocycles. The van der Waals surface area contributed by atoms with Gasteiger partial charge in [0, 0.05) is 26.0 Å². The first-order chi connectivity index (χ1) is 23.6. The van der Waals surface area contributed by atoms with Crippen LogP contribution in [0.2, 0.25) is 0 Å². The van der Waals surface area contributed by atoms with Gasteiger partial charge in [0.25, 0.3) is 0 Å². The highest BCUT2D eigenvalue weighted by atomic mass is 16.5. The van der Waals surface area contributed by atoms with Crippen LogP contribution in [0.3, 0.4) is 0 Å². The summed E-state index contributed by atoms with van der Waals surface area (Å²) < 4.78 is 11.4. The van der Waals surface area contributed by atoms with Gasteiger partial charge < -0.3 is 19.5 Å². The first-order valence-electron chi connectivity index (χ1n) is 21.3. The molecule has 6 nitrogen and oxygen atoms in total. The van der Waals surface area contributed by atoms with Crippen molar-refractivity contribution in [3.05, 3.63) is 0 Å². The Hall–Kier alpha value is -1.14. The van der Waals surface area contributed by atoms with E-state index in [1.165, 1.54) is 109 Å². The van der Waals surface area contributed by atoms with E-state index in [1.807, 2.05) is 0 Å². The molecule has 0 amide bonds. The Balaban J connectivity index is 4.11. The molecule has 0 aromatic heterocycles. The highest BCUT2D eigenvalue weighted by Crippen LogP contribution is 2.18. The average molecular weight is 682 g/mol. The number of carbonyl (C=O) groups is 2. The van der Waals surface area contributed by atoms with Crippen molar-refractivity contribution in [2.45, 2.75) is 226 Å². The Morgan fingerprint density at radius 1 is 0.479 bits per heavy atom. The summed E-state index contributed by atoms with van der Waals surface area (Å²) in [5.74, 6) is -0.0450. The number of carbonyl (C=O) groups excluding carboxylic acids is 2. The number of hydrogen-bond donors (Lipinski definition) is 1. The number of aliphatic hydroxyl groups is 1. The predicted octanol–water partition coefficient (Wildman–Crippen LogP) is 11.9. The first kappa shape index (κ1) is 46.9. The van der Waals surface area contributed by atoms with Gasteiger partial charge >= 0.3 is 11.9 Å². The van der Waals surface area contributed by atoms with Crippen molar-refractivity contribution in [1.29, 1.82) is 0 Å². The minimum absolute atomic E-state index is 0.00299. The SMILES string of the molecule is CCCCCCCCCOC(=O)CCCCCN(CCCO)CCCCCCC(=O)OC(CCCCCCCC)CCCCCCCC. The van der Waals surface area contributed by atoms with Crippen LogP contribution in [0.5, 0.6) is 0 Å². The monoisotopic (exact) mass is 682 g/mol. The van der Waals surface area contributed by atoms with Crippen LogP contribution >= 0.6 is 0 Å². The summed E-state index contributed by atoms with van der Waals surface area (Å²) in [6.45, 7) is 10.5. The van der Waals surface area contributed by atoms with Crippen molar-refractivity contribution in [2.24, 2.45) is 0 Å². The molecule has 0 spiro atoms. The van der Waals surface area contributed by atoms with Crippen molar-refractivity contribution < 1.29 is 24.2 Å². The van der Waals surface area contributed by atoms with E-state index >= 15 is 0 Å². The standard InChI is InChI=1S/C42H83NO5/c1-4-7-10-13-16-21-29-39-47-41(45)33-26-22-28-36-43(37-30-38-44)35-27-20-19-25-34-42(46)48-40(31-23-17-14-11-8-5-2)32-24-18-15-12-9-6-3/h40,44H,4-39H2,1-3H3. The van der Waals surface area contributed by atoms with Crippen molar-refractivity contribution in [1.82, 2.24) is 4.90 Å². The van der Waals surface area contributed by atoms with Gasteiger partial charge in [-0.3, -0.25) is 9.59 Å². The predicted molar refractivity (Wildman–Crippen MR) is 205 cm³/mol. The van der Waals surface area contributed by atoms with Crippen LogP contribution in [-0.4, -0.2) is 60.9 Å². The van der Waals surface area contributed by atoms with Crippen LogP contribution in [-0.2, 0) is 19.1 Å². The lowest BCUT2D eigenvalue weighted by molar-refractivity contribution is -0.150. The molecule has 0 saturated carbocycles. The minimum atomic E-state index is -0.0480. The summed E-state index contributed by atoms with van der Waals surface area (Å²) in [6.07, 6.45) is 35.2. The van der Waals surface area contributed by atoms with E-state index < -0.39 is 0 Å². The van der Waals surface area contributed by atoms with E-state index in [0.29, 0.717) is 19.4 Å². The van der Waals surface area contributed by atoms with Crippen LogP contribution in [0.4, 0.5) is 0 Å². The van der Waals surface area contributed by atoms with Gasteiger partial charge in [-0.15, -0.1) is 0 Å². The van der Waals surface area contributed by atoms with Gasteiger partial charge in [-0.1, -0.05) is 143 Å². The molecule has 0 rings (SSSR count). The smallest absolute Gasteiger partial charge is 0.306 e. The average Bonchev–Trinajstić information content (AvgIpc) is 3.08. The molecule has 0 atom stereocenters. The molecular formula is C42H83NO5. The summed E-state index contributed by atoms with van der Waals surface area (Å²) in [6, 6.07) is 0. The molecule has 0 aliphatic carbocycles. The third kappa shape index (κ3) is 34.7. The number of hydrogen-bond acceptors (Lipinski definition) is 6. The molecule has 0 aliphatic rings. The summed E-state index contributed by atoms with van der Waals surface area (Å²) in [7, 11) is 0. The second kappa shape index (κ2) is 38.7. The lowest BCUT2D eigenvalue weighted by atomic mass is 10.0. The maximum atomic E-state index is 12.7. The van der Waals surface area contributed by atoms with E-state index in [9.17, 15) is 14.7 Å². The number of nitrogens with zero attached hydrogens (tertiary/aromatic N) is 1. The fourth-order valence-electron chi connectivity index (χ4n) is 6.50. The van der Waals surface area contributed by atoms with Gasteiger partial charge in [0.05, 0.1) is 6.61 Å². The molecule has 0 heterocycles. The lowest BCUT2D eigenvalue weighted by Crippen LogP contribution is -2.28. The van der Waals surface area contributed by atoms with E-state index in [-0.39, 0.29) is 24.6 Å². The van der Waals surface area contributed by atoms with Gasteiger partial charge in [-0.2, -0.15) is 0 Å². The zero-order valence-corrected chi connectivity index (χ0v) is 32.6. The Morgan fingerprint density at radius 3 is 1.40 bits per heavy atom. The summed E-state index contributed by atoms with van der Waals surface area (Å²) in [5.41, 5.74) is 0. The van der Waals surface area contributed by atoms with Crippen LogP contribution < -0.4 is 0 Å². The number of rotatable bonds is 39. The first-order valence-corrected chi connectivity index (χ1v) is 21.3. The molecule has 0 fully saturated rings. The largest absolute Gasteiger partial charge is 0.466 e. The second-order valence-electron chi connectivity index (χ2n) is 14.5. The molecular weight excluding hydrogens is 598 g/mol. The zero-order chi connectivity index (χ0) is 35.2. The highest BCUT2D eigenvalue weighted by Gasteiger charge is 2.14. The third-order valence-corrected chi connectivity index (χ3v) is 9.66. The molecule has 0 aromatic carbocycles. The topological polar surface area (TPSA) is 76.1 Å². The lowest BCUT2D eigenvalue weighted by Gasteiger charge is -2.22. The van der Waals surface area contributed by atoms with Crippen LogP contribution in [0, 0.1) is 0 Å². The fraction of sp³-hybridized carbons (Fsp3) is 0.952. The molecule has 0 unspecified atom stereocenters. The van der Waals surface area contributed by atoms with Gasteiger partial charge in [0.2, 0.25) is 0 Å². The third-order valence-electron chi connectivity index (χ3n) is 9.66. The molecule has 0 aromatic rings. The van der Waals surface area contributed by atoms with Gasteiger partial charge in [-0.25, -0.2) is 0 Å². The van der Waals surface area contributed by atoms with Crippen molar-refractivity contribution in [3.8, 4) is 0 Å². The molecule has 0 bridgehead atoms. The van der Waals surface area contributed by atoms with Crippen LogP contribution in [0.15, 0.2) is 0 Å².